The van der Waals surface area contributed by atoms with Crippen molar-refractivity contribution in [3.63, 3.8) is 0 Å². The summed E-state index contributed by atoms with van der Waals surface area (Å²) in [5.74, 6) is 0. The predicted molar refractivity (Wildman–Crippen MR) is 78.6 cm³/mol. The van der Waals surface area contributed by atoms with Crippen molar-refractivity contribution in [3.05, 3.63) is 29.3 Å². The van der Waals surface area contributed by atoms with Gasteiger partial charge in [0.05, 0.1) is 0 Å². The van der Waals surface area contributed by atoms with Crippen molar-refractivity contribution in [2.75, 3.05) is 45.2 Å². The smallest absolute Gasteiger partial charge is 0.0426 e. The average Bonchev–Trinajstić information content (AvgIpc) is 2.53. The molecule has 1 fully saturated rings. The summed E-state index contributed by atoms with van der Waals surface area (Å²) in [4.78, 5) is 4.89. The molecule has 0 aromatic heterocycles. The zero-order chi connectivity index (χ0) is 13.0. The van der Waals surface area contributed by atoms with Crippen LogP contribution in [0, 0.1) is 0 Å². The Morgan fingerprint density at radius 3 is 2.94 bits per heavy atom. The molecule has 0 radical (unpaired) electrons. The fourth-order valence-electron chi connectivity index (χ4n) is 2.54. The number of halogens is 1. The largest absolute Gasteiger partial charge is 0.370 e. The molecule has 4 heteroatoms. The van der Waals surface area contributed by atoms with Crippen molar-refractivity contribution in [3.8, 4) is 0 Å². The van der Waals surface area contributed by atoms with Gasteiger partial charge in [0, 0.05) is 36.4 Å². The van der Waals surface area contributed by atoms with Crippen molar-refractivity contribution in [2.24, 2.45) is 0 Å². The molecule has 0 bridgehead atoms. The molecule has 1 aromatic rings. The molecule has 0 saturated carbocycles. The number of benzene rings is 1. The minimum atomic E-state index is 0.552. The van der Waals surface area contributed by atoms with Crippen molar-refractivity contribution in [2.45, 2.75) is 12.5 Å². The topological polar surface area (TPSA) is 18.5 Å². The van der Waals surface area contributed by atoms with Crippen molar-refractivity contribution in [1.82, 2.24) is 10.2 Å². The molecular formula is C14H22ClN3. The van der Waals surface area contributed by atoms with E-state index in [-0.39, 0.29) is 0 Å². The third kappa shape index (κ3) is 3.37. The molecular weight excluding hydrogens is 246 g/mol. The standard InChI is InChI=1S/C14H22ClN3/c1-16-10-14-11-18(8-4-7-17(14)2)13-6-3-5-12(15)9-13/h3,5-6,9,14,16H,4,7-8,10-11H2,1-2H3. The van der Waals surface area contributed by atoms with E-state index in [0.717, 1.165) is 31.2 Å². The second-order valence-corrected chi connectivity index (χ2v) is 5.41. The third-order valence-electron chi connectivity index (χ3n) is 3.61. The van der Waals surface area contributed by atoms with Crippen LogP contribution in [-0.4, -0.2) is 51.2 Å². The maximum absolute atomic E-state index is 6.08. The van der Waals surface area contributed by atoms with E-state index in [1.54, 1.807) is 0 Å². The molecule has 1 unspecified atom stereocenters. The molecule has 1 heterocycles. The number of hydrogen-bond donors (Lipinski definition) is 1. The number of nitrogens with zero attached hydrogens (tertiary/aromatic N) is 2. The summed E-state index contributed by atoms with van der Waals surface area (Å²) >= 11 is 6.08. The van der Waals surface area contributed by atoms with Gasteiger partial charge in [-0.05, 0) is 45.3 Å². The van der Waals surface area contributed by atoms with E-state index in [4.69, 9.17) is 11.6 Å². The van der Waals surface area contributed by atoms with Crippen molar-refractivity contribution in [1.29, 1.82) is 0 Å². The molecule has 1 saturated heterocycles. The van der Waals surface area contributed by atoms with Crippen LogP contribution in [0.3, 0.4) is 0 Å². The highest BCUT2D eigenvalue weighted by Crippen LogP contribution is 2.21. The fraction of sp³-hybridized carbons (Fsp3) is 0.571. The van der Waals surface area contributed by atoms with Gasteiger partial charge in [0.25, 0.3) is 0 Å². The first-order chi connectivity index (χ1) is 8.70. The Kier molecular flexibility index (Phi) is 4.87. The lowest BCUT2D eigenvalue weighted by atomic mass is 10.2. The lowest BCUT2D eigenvalue weighted by Crippen LogP contribution is -2.44. The van der Waals surface area contributed by atoms with E-state index in [2.05, 4.69) is 34.3 Å². The van der Waals surface area contributed by atoms with Crippen LogP contribution in [0.5, 0.6) is 0 Å². The Hall–Kier alpha value is -0.770. The van der Waals surface area contributed by atoms with E-state index in [1.165, 1.54) is 12.1 Å². The van der Waals surface area contributed by atoms with Crippen LogP contribution >= 0.6 is 11.6 Å². The van der Waals surface area contributed by atoms with Crippen LogP contribution in [0.1, 0.15) is 6.42 Å². The molecule has 2 rings (SSSR count). The summed E-state index contributed by atoms with van der Waals surface area (Å²) in [6, 6.07) is 8.72. The Morgan fingerprint density at radius 2 is 2.22 bits per heavy atom. The minimum Gasteiger partial charge on any atom is -0.370 e. The lowest BCUT2D eigenvalue weighted by Gasteiger charge is -2.30. The molecule has 3 nitrogen and oxygen atoms in total. The second kappa shape index (κ2) is 6.41. The Morgan fingerprint density at radius 1 is 1.39 bits per heavy atom. The molecule has 0 aliphatic carbocycles. The summed E-state index contributed by atoms with van der Waals surface area (Å²) in [5.41, 5.74) is 1.24. The van der Waals surface area contributed by atoms with Gasteiger partial charge in [0.15, 0.2) is 0 Å². The van der Waals surface area contributed by atoms with Crippen LogP contribution < -0.4 is 10.2 Å². The molecule has 1 aliphatic heterocycles. The van der Waals surface area contributed by atoms with Gasteiger partial charge in [0.2, 0.25) is 0 Å². The van der Waals surface area contributed by atoms with Crippen LogP contribution in [0.25, 0.3) is 0 Å². The first-order valence-corrected chi connectivity index (χ1v) is 6.94. The Labute approximate surface area is 115 Å². The van der Waals surface area contributed by atoms with Gasteiger partial charge in [-0.3, -0.25) is 0 Å². The highest BCUT2D eigenvalue weighted by Gasteiger charge is 2.21. The van der Waals surface area contributed by atoms with Gasteiger partial charge in [-0.25, -0.2) is 0 Å². The molecule has 100 valence electrons. The van der Waals surface area contributed by atoms with Gasteiger partial charge in [-0.15, -0.1) is 0 Å². The van der Waals surface area contributed by atoms with Gasteiger partial charge in [0.1, 0.15) is 0 Å². The summed E-state index contributed by atoms with van der Waals surface area (Å²) in [6.07, 6.45) is 1.20. The van der Waals surface area contributed by atoms with Crippen LogP contribution in [0.2, 0.25) is 5.02 Å². The first-order valence-electron chi connectivity index (χ1n) is 6.56. The highest BCUT2D eigenvalue weighted by atomic mass is 35.5. The van der Waals surface area contributed by atoms with Crippen molar-refractivity contribution < 1.29 is 0 Å². The molecule has 1 aromatic carbocycles. The van der Waals surface area contributed by atoms with Crippen LogP contribution in [-0.2, 0) is 0 Å². The second-order valence-electron chi connectivity index (χ2n) is 4.97. The Bertz CT molecular complexity index is 383. The molecule has 1 N–H and O–H groups in total. The van der Waals surface area contributed by atoms with E-state index < -0.39 is 0 Å². The van der Waals surface area contributed by atoms with Crippen molar-refractivity contribution >= 4 is 17.3 Å². The zero-order valence-electron chi connectivity index (χ0n) is 11.2. The quantitative estimate of drug-likeness (QED) is 0.905. The molecule has 0 spiro atoms. The van der Waals surface area contributed by atoms with E-state index >= 15 is 0 Å². The van der Waals surface area contributed by atoms with E-state index in [9.17, 15) is 0 Å². The maximum atomic E-state index is 6.08. The number of hydrogen-bond acceptors (Lipinski definition) is 3. The summed E-state index contributed by atoms with van der Waals surface area (Å²) in [7, 11) is 4.23. The average molecular weight is 268 g/mol. The monoisotopic (exact) mass is 267 g/mol. The lowest BCUT2D eigenvalue weighted by molar-refractivity contribution is 0.257. The normalized spacial score (nSPS) is 21.9. The maximum Gasteiger partial charge on any atom is 0.0426 e. The van der Waals surface area contributed by atoms with Gasteiger partial charge < -0.3 is 15.1 Å². The fourth-order valence-corrected chi connectivity index (χ4v) is 2.73. The van der Waals surface area contributed by atoms with Crippen LogP contribution in [0.4, 0.5) is 5.69 Å². The molecule has 18 heavy (non-hydrogen) atoms. The summed E-state index contributed by atoms with van der Waals surface area (Å²) in [5, 5.41) is 4.10. The zero-order valence-corrected chi connectivity index (χ0v) is 12.0. The number of likely N-dealkylation sites (N-methyl/N-ethyl adjacent to an activating group) is 2. The van der Waals surface area contributed by atoms with Gasteiger partial charge >= 0.3 is 0 Å². The van der Waals surface area contributed by atoms with E-state index in [0.29, 0.717) is 6.04 Å². The third-order valence-corrected chi connectivity index (χ3v) is 3.84. The van der Waals surface area contributed by atoms with E-state index in [1.807, 2.05) is 19.2 Å². The van der Waals surface area contributed by atoms with Gasteiger partial charge in [-0.1, -0.05) is 17.7 Å². The van der Waals surface area contributed by atoms with Crippen LogP contribution in [0.15, 0.2) is 24.3 Å². The summed E-state index contributed by atoms with van der Waals surface area (Å²) in [6.45, 7) is 4.33. The van der Waals surface area contributed by atoms with Gasteiger partial charge in [-0.2, -0.15) is 0 Å². The minimum absolute atomic E-state index is 0.552. The molecule has 0 amide bonds. The first kappa shape index (κ1) is 13.7. The predicted octanol–water partition coefficient (Wildman–Crippen LogP) is 2.07. The SMILES string of the molecule is CNCC1CN(c2cccc(Cl)c2)CCCN1C. The molecule has 1 atom stereocenters. The molecule has 1 aliphatic rings. The number of nitrogens with one attached hydrogen (secondary N) is 1. The highest BCUT2D eigenvalue weighted by molar-refractivity contribution is 6.30. The summed E-state index contributed by atoms with van der Waals surface area (Å²) < 4.78 is 0. The number of rotatable bonds is 3. The Balaban J connectivity index is 2.12. The number of anilines is 1.